The molecule has 5 nitrogen and oxygen atoms in total. The zero-order valence-corrected chi connectivity index (χ0v) is 17.5. The number of likely N-dealkylation sites (N-methyl/N-ethyl adjacent to an activating group) is 1. The number of carbonyl (C=O) groups is 2. The van der Waals surface area contributed by atoms with Gasteiger partial charge in [0.05, 0.1) is 0 Å². The van der Waals surface area contributed by atoms with Gasteiger partial charge in [-0.15, -0.1) is 0 Å². The van der Waals surface area contributed by atoms with Crippen LogP contribution in [0.5, 0.6) is 5.75 Å². The summed E-state index contributed by atoms with van der Waals surface area (Å²) in [6.07, 6.45) is 0. The van der Waals surface area contributed by atoms with Crippen LogP contribution in [0.1, 0.15) is 25.0 Å². The van der Waals surface area contributed by atoms with Crippen molar-refractivity contribution in [2.75, 3.05) is 13.2 Å². The lowest BCUT2D eigenvalue weighted by Gasteiger charge is -2.28. The van der Waals surface area contributed by atoms with Gasteiger partial charge in [0.15, 0.2) is 6.61 Å². The lowest BCUT2D eigenvalue weighted by molar-refractivity contribution is -0.142. The van der Waals surface area contributed by atoms with Crippen LogP contribution in [0, 0.1) is 6.92 Å². The van der Waals surface area contributed by atoms with E-state index in [4.69, 9.17) is 4.74 Å². The Morgan fingerprint density at radius 2 is 1.93 bits per heavy atom. The zero-order chi connectivity index (χ0) is 19.8. The van der Waals surface area contributed by atoms with Crippen LogP contribution in [0.25, 0.3) is 0 Å². The van der Waals surface area contributed by atoms with Gasteiger partial charge >= 0.3 is 0 Å². The molecule has 0 unspecified atom stereocenters. The molecule has 0 heterocycles. The fourth-order valence-corrected chi connectivity index (χ4v) is 3.12. The van der Waals surface area contributed by atoms with E-state index < -0.39 is 6.04 Å². The Labute approximate surface area is 168 Å². The van der Waals surface area contributed by atoms with E-state index in [0.29, 0.717) is 18.8 Å². The second-order valence-electron chi connectivity index (χ2n) is 6.33. The molecule has 1 atom stereocenters. The number of hydrogen-bond donors (Lipinski definition) is 1. The molecular weight excluding hydrogens is 408 g/mol. The monoisotopic (exact) mass is 432 g/mol. The highest BCUT2D eigenvalue weighted by Gasteiger charge is 2.26. The average Bonchev–Trinajstić information content (AvgIpc) is 2.64. The normalized spacial score (nSPS) is 11.6. The molecule has 0 saturated carbocycles. The largest absolute Gasteiger partial charge is 0.484 e. The number of hydrogen-bond acceptors (Lipinski definition) is 3. The topological polar surface area (TPSA) is 58.6 Å². The van der Waals surface area contributed by atoms with Crippen molar-refractivity contribution < 1.29 is 14.3 Å². The third-order valence-electron chi connectivity index (χ3n) is 4.11. The number of ether oxygens (including phenoxy) is 1. The molecule has 27 heavy (non-hydrogen) atoms. The summed E-state index contributed by atoms with van der Waals surface area (Å²) in [4.78, 5) is 26.7. The highest BCUT2D eigenvalue weighted by atomic mass is 79.9. The smallest absolute Gasteiger partial charge is 0.261 e. The summed E-state index contributed by atoms with van der Waals surface area (Å²) in [5.74, 6) is 0.211. The first-order valence-corrected chi connectivity index (χ1v) is 9.71. The van der Waals surface area contributed by atoms with Crippen LogP contribution in [0.15, 0.2) is 53.0 Å². The van der Waals surface area contributed by atoms with E-state index in [1.165, 1.54) is 0 Å². The van der Waals surface area contributed by atoms with Gasteiger partial charge in [-0.05, 0) is 56.2 Å². The maximum atomic E-state index is 12.9. The third-order valence-corrected chi connectivity index (χ3v) is 4.61. The molecule has 0 aliphatic rings. The second kappa shape index (κ2) is 10.1. The van der Waals surface area contributed by atoms with Gasteiger partial charge in [0.2, 0.25) is 5.91 Å². The molecule has 0 saturated heterocycles. The fraction of sp³-hybridized carbons (Fsp3) is 0.333. The Balaban J connectivity index is 2.14. The number of nitrogens with zero attached hydrogens (tertiary/aromatic N) is 1. The van der Waals surface area contributed by atoms with E-state index in [-0.39, 0.29) is 18.4 Å². The first kappa shape index (κ1) is 21.0. The number of amides is 2. The number of nitrogens with one attached hydrogen (secondary N) is 1. The van der Waals surface area contributed by atoms with E-state index >= 15 is 0 Å². The molecule has 0 aliphatic carbocycles. The van der Waals surface area contributed by atoms with E-state index in [2.05, 4.69) is 21.2 Å². The van der Waals surface area contributed by atoms with E-state index in [1.54, 1.807) is 11.8 Å². The molecule has 0 aromatic heterocycles. The number of rotatable bonds is 8. The molecule has 2 aromatic carbocycles. The zero-order valence-electron chi connectivity index (χ0n) is 15.9. The Hall–Kier alpha value is -2.34. The van der Waals surface area contributed by atoms with Crippen LogP contribution < -0.4 is 10.1 Å². The first-order chi connectivity index (χ1) is 12.9. The standard InChI is InChI=1S/C21H25BrN2O3/c1-4-23-21(26)16(3)24(13-17-8-6-9-18(22)12-17)20(25)14-27-19-10-5-7-15(2)11-19/h5-12,16H,4,13-14H2,1-3H3,(H,23,26)/t16-/m0/s1. The summed E-state index contributed by atoms with van der Waals surface area (Å²) in [6, 6.07) is 14.6. The first-order valence-electron chi connectivity index (χ1n) is 8.91. The van der Waals surface area contributed by atoms with Gasteiger partial charge in [-0.2, -0.15) is 0 Å². The summed E-state index contributed by atoms with van der Waals surface area (Å²) in [7, 11) is 0. The minimum Gasteiger partial charge on any atom is -0.484 e. The summed E-state index contributed by atoms with van der Waals surface area (Å²) < 4.78 is 6.57. The van der Waals surface area contributed by atoms with E-state index in [0.717, 1.165) is 15.6 Å². The van der Waals surface area contributed by atoms with Crippen LogP contribution >= 0.6 is 15.9 Å². The molecule has 6 heteroatoms. The summed E-state index contributed by atoms with van der Waals surface area (Å²) in [5.41, 5.74) is 1.99. The van der Waals surface area contributed by atoms with Crippen molar-refractivity contribution >= 4 is 27.7 Å². The molecule has 0 aliphatic heterocycles. The van der Waals surface area contributed by atoms with Gasteiger partial charge in [0, 0.05) is 17.6 Å². The minimum atomic E-state index is -0.599. The van der Waals surface area contributed by atoms with Crippen LogP contribution in [0.2, 0.25) is 0 Å². The highest BCUT2D eigenvalue weighted by Crippen LogP contribution is 2.16. The molecule has 2 aromatic rings. The van der Waals surface area contributed by atoms with Crippen molar-refractivity contribution in [3.8, 4) is 5.75 Å². The Bertz CT molecular complexity index is 795. The van der Waals surface area contributed by atoms with Gasteiger partial charge in [0.25, 0.3) is 5.91 Å². The second-order valence-corrected chi connectivity index (χ2v) is 7.24. The SMILES string of the molecule is CCNC(=O)[C@H](C)N(Cc1cccc(Br)c1)C(=O)COc1cccc(C)c1. The van der Waals surface area contributed by atoms with Crippen molar-refractivity contribution in [2.24, 2.45) is 0 Å². The molecule has 144 valence electrons. The van der Waals surface area contributed by atoms with Gasteiger partial charge in [-0.25, -0.2) is 0 Å². The van der Waals surface area contributed by atoms with E-state index in [9.17, 15) is 9.59 Å². The van der Waals surface area contributed by atoms with Gasteiger partial charge < -0.3 is 15.0 Å². The summed E-state index contributed by atoms with van der Waals surface area (Å²) >= 11 is 3.44. The van der Waals surface area contributed by atoms with Gasteiger partial charge in [-0.3, -0.25) is 9.59 Å². The number of aryl methyl sites for hydroxylation is 1. The quantitative estimate of drug-likeness (QED) is 0.691. The molecule has 0 fully saturated rings. The summed E-state index contributed by atoms with van der Waals surface area (Å²) in [5, 5.41) is 2.78. The van der Waals surface area contributed by atoms with Crippen molar-refractivity contribution in [3.05, 3.63) is 64.1 Å². The van der Waals surface area contributed by atoms with Crippen molar-refractivity contribution in [1.29, 1.82) is 0 Å². The maximum absolute atomic E-state index is 12.9. The van der Waals surface area contributed by atoms with Gasteiger partial charge in [-0.1, -0.05) is 40.2 Å². The highest BCUT2D eigenvalue weighted by molar-refractivity contribution is 9.10. The molecule has 2 rings (SSSR count). The predicted octanol–water partition coefficient (Wildman–Crippen LogP) is 3.69. The van der Waals surface area contributed by atoms with Crippen LogP contribution in [0.3, 0.4) is 0 Å². The molecule has 0 radical (unpaired) electrons. The van der Waals surface area contributed by atoms with Crippen molar-refractivity contribution in [2.45, 2.75) is 33.4 Å². The van der Waals surface area contributed by atoms with Crippen LogP contribution in [-0.4, -0.2) is 35.9 Å². The van der Waals surface area contributed by atoms with Crippen LogP contribution in [-0.2, 0) is 16.1 Å². The third kappa shape index (κ3) is 6.40. The number of benzene rings is 2. The summed E-state index contributed by atoms with van der Waals surface area (Å²) in [6.45, 7) is 6.27. The Kier molecular flexibility index (Phi) is 7.85. The number of carbonyl (C=O) groups excluding carboxylic acids is 2. The number of halogens is 1. The molecule has 1 N–H and O–H groups in total. The predicted molar refractivity (Wildman–Crippen MR) is 110 cm³/mol. The minimum absolute atomic E-state index is 0.124. The Morgan fingerprint density at radius 3 is 2.59 bits per heavy atom. The maximum Gasteiger partial charge on any atom is 0.261 e. The average molecular weight is 433 g/mol. The molecule has 0 bridgehead atoms. The molecule has 0 spiro atoms. The van der Waals surface area contributed by atoms with Crippen molar-refractivity contribution in [1.82, 2.24) is 10.2 Å². The van der Waals surface area contributed by atoms with Crippen LogP contribution in [0.4, 0.5) is 0 Å². The lowest BCUT2D eigenvalue weighted by Crippen LogP contribution is -2.49. The van der Waals surface area contributed by atoms with Crippen molar-refractivity contribution in [3.63, 3.8) is 0 Å². The fourth-order valence-electron chi connectivity index (χ4n) is 2.67. The Morgan fingerprint density at radius 1 is 1.19 bits per heavy atom. The molecule has 2 amide bonds. The van der Waals surface area contributed by atoms with Gasteiger partial charge in [0.1, 0.15) is 11.8 Å². The lowest BCUT2D eigenvalue weighted by atomic mass is 10.1. The van der Waals surface area contributed by atoms with E-state index in [1.807, 2.05) is 62.4 Å². The molecular formula is C21H25BrN2O3.